The van der Waals surface area contributed by atoms with Crippen LogP contribution in [0.15, 0.2) is 16.8 Å². The summed E-state index contributed by atoms with van der Waals surface area (Å²) in [6.07, 6.45) is 4.63. The first-order valence-corrected chi connectivity index (χ1v) is 6.09. The number of hydrogen-bond acceptors (Lipinski definition) is 4. The molecule has 0 aliphatic carbocycles. The van der Waals surface area contributed by atoms with Gasteiger partial charge in [-0.05, 0) is 33.2 Å². The maximum atomic E-state index is 12.3. The van der Waals surface area contributed by atoms with Gasteiger partial charge in [0, 0.05) is 12.1 Å². The van der Waals surface area contributed by atoms with Crippen LogP contribution in [0.2, 0.25) is 0 Å². The molecule has 1 aliphatic heterocycles. The van der Waals surface area contributed by atoms with Gasteiger partial charge in [0.15, 0.2) is 5.76 Å². The molecule has 5 heteroatoms. The molecular weight excluding hydrogens is 218 g/mol. The molecule has 1 amide bonds. The maximum absolute atomic E-state index is 12.3. The van der Waals surface area contributed by atoms with Crippen molar-refractivity contribution in [1.82, 2.24) is 15.4 Å². The summed E-state index contributed by atoms with van der Waals surface area (Å²) in [5.74, 6) is 0.899. The molecule has 0 aromatic carbocycles. The van der Waals surface area contributed by atoms with Crippen LogP contribution < -0.4 is 5.32 Å². The van der Waals surface area contributed by atoms with Crippen molar-refractivity contribution in [2.24, 2.45) is 0 Å². The van der Waals surface area contributed by atoms with Gasteiger partial charge in [-0.2, -0.15) is 0 Å². The summed E-state index contributed by atoms with van der Waals surface area (Å²) in [5.41, 5.74) is 0. The zero-order valence-corrected chi connectivity index (χ0v) is 10.3. The minimum Gasteiger partial charge on any atom is -0.360 e. The monoisotopic (exact) mass is 237 g/mol. The summed E-state index contributed by atoms with van der Waals surface area (Å²) >= 11 is 0. The van der Waals surface area contributed by atoms with E-state index in [9.17, 15) is 4.79 Å². The van der Waals surface area contributed by atoms with Crippen molar-refractivity contribution < 1.29 is 9.32 Å². The van der Waals surface area contributed by atoms with Gasteiger partial charge in [0.25, 0.3) is 0 Å². The lowest BCUT2D eigenvalue weighted by Gasteiger charge is -2.28. The predicted molar refractivity (Wildman–Crippen MR) is 63.2 cm³/mol. The third kappa shape index (κ3) is 2.66. The van der Waals surface area contributed by atoms with Gasteiger partial charge in [-0.3, -0.25) is 4.79 Å². The van der Waals surface area contributed by atoms with E-state index in [-0.39, 0.29) is 18.0 Å². The van der Waals surface area contributed by atoms with Crippen molar-refractivity contribution in [3.05, 3.63) is 18.0 Å². The van der Waals surface area contributed by atoms with Crippen LogP contribution in [0.1, 0.15) is 31.9 Å². The van der Waals surface area contributed by atoms with Gasteiger partial charge < -0.3 is 14.7 Å². The Balaban J connectivity index is 2.12. The second-order valence-electron chi connectivity index (χ2n) is 4.57. The Hall–Kier alpha value is -1.36. The molecule has 2 heterocycles. The minimum atomic E-state index is -0.0668. The molecule has 94 valence electrons. The summed E-state index contributed by atoms with van der Waals surface area (Å²) in [5, 5.41) is 6.76. The Bertz CT molecular complexity index is 364. The molecule has 0 radical (unpaired) electrons. The summed E-state index contributed by atoms with van der Waals surface area (Å²) in [6.45, 7) is 2.60. The molecule has 1 saturated heterocycles. The first-order chi connectivity index (χ1) is 8.22. The lowest BCUT2D eigenvalue weighted by atomic mass is 10.1. The molecule has 5 nitrogen and oxygen atoms in total. The van der Waals surface area contributed by atoms with Crippen molar-refractivity contribution in [1.29, 1.82) is 0 Å². The lowest BCUT2D eigenvalue weighted by molar-refractivity contribution is -0.135. The molecule has 1 aromatic rings. The van der Waals surface area contributed by atoms with Crippen LogP contribution in [-0.4, -0.2) is 35.1 Å². The zero-order chi connectivity index (χ0) is 12.3. The Labute approximate surface area is 101 Å². The number of nitrogens with zero attached hydrogens (tertiary/aromatic N) is 2. The smallest absolute Gasteiger partial charge is 0.240 e. The van der Waals surface area contributed by atoms with Crippen LogP contribution in [0.25, 0.3) is 0 Å². The number of likely N-dealkylation sites (N-methyl/N-ethyl adjacent to an activating group) is 1. The van der Waals surface area contributed by atoms with Crippen LogP contribution in [0.3, 0.4) is 0 Å². The predicted octanol–water partition coefficient (Wildman–Crippen LogP) is 1.16. The van der Waals surface area contributed by atoms with E-state index < -0.39 is 0 Å². The molecular formula is C12H19N3O2. The van der Waals surface area contributed by atoms with Crippen molar-refractivity contribution >= 4 is 5.91 Å². The topological polar surface area (TPSA) is 58.4 Å². The van der Waals surface area contributed by atoms with Gasteiger partial charge in [-0.1, -0.05) is 5.16 Å². The van der Waals surface area contributed by atoms with Gasteiger partial charge in [-0.25, -0.2) is 0 Å². The van der Waals surface area contributed by atoms with E-state index in [2.05, 4.69) is 17.4 Å². The second-order valence-corrected chi connectivity index (χ2v) is 4.57. The first-order valence-electron chi connectivity index (χ1n) is 6.09. The average molecular weight is 237 g/mol. The number of likely N-dealkylation sites (tertiary alicyclic amines) is 1. The Kier molecular flexibility index (Phi) is 3.78. The summed E-state index contributed by atoms with van der Waals surface area (Å²) in [4.78, 5) is 14.2. The Morgan fingerprint density at radius 1 is 1.59 bits per heavy atom. The quantitative estimate of drug-likeness (QED) is 0.857. The van der Waals surface area contributed by atoms with E-state index in [4.69, 9.17) is 4.52 Å². The van der Waals surface area contributed by atoms with Crippen LogP contribution in [0.4, 0.5) is 0 Å². The third-order valence-electron chi connectivity index (χ3n) is 3.39. The fourth-order valence-corrected chi connectivity index (χ4v) is 2.31. The molecule has 17 heavy (non-hydrogen) atoms. The average Bonchev–Trinajstić information content (AvgIpc) is 2.79. The van der Waals surface area contributed by atoms with E-state index in [0.29, 0.717) is 6.54 Å². The molecule has 2 atom stereocenters. The molecule has 0 saturated carbocycles. The first kappa shape index (κ1) is 12.1. The molecule has 1 fully saturated rings. The molecule has 1 aromatic heterocycles. The van der Waals surface area contributed by atoms with Crippen molar-refractivity contribution in [3.8, 4) is 0 Å². The second kappa shape index (κ2) is 5.31. The third-order valence-corrected chi connectivity index (χ3v) is 3.39. The highest BCUT2D eigenvalue weighted by molar-refractivity contribution is 5.82. The van der Waals surface area contributed by atoms with Gasteiger partial charge in [0.2, 0.25) is 5.91 Å². The van der Waals surface area contributed by atoms with Crippen molar-refractivity contribution in [2.45, 2.75) is 44.8 Å². The standard InChI is InChI=1S/C12H19N3O2/c1-9-4-3-5-11(13-2)12(16)15(9)8-10-6-7-14-17-10/h6-7,9,11,13H,3-5,8H2,1-2H3. The highest BCUT2D eigenvalue weighted by Crippen LogP contribution is 2.20. The maximum Gasteiger partial charge on any atom is 0.240 e. The zero-order valence-electron chi connectivity index (χ0n) is 10.3. The van der Waals surface area contributed by atoms with Crippen molar-refractivity contribution in [3.63, 3.8) is 0 Å². The highest BCUT2D eigenvalue weighted by atomic mass is 16.5. The fraction of sp³-hybridized carbons (Fsp3) is 0.667. The van der Waals surface area contributed by atoms with Gasteiger partial charge in [0.1, 0.15) is 0 Å². The molecule has 1 N–H and O–H groups in total. The number of carbonyl (C=O) groups is 1. The van der Waals surface area contributed by atoms with Crippen LogP contribution in [0.5, 0.6) is 0 Å². The SMILES string of the molecule is CNC1CCCC(C)N(Cc2ccno2)C1=O. The van der Waals surface area contributed by atoms with Gasteiger partial charge in [-0.15, -0.1) is 0 Å². The number of carbonyl (C=O) groups excluding carboxylic acids is 1. The summed E-state index contributed by atoms with van der Waals surface area (Å²) < 4.78 is 5.08. The van der Waals surface area contributed by atoms with Crippen LogP contribution in [0, 0.1) is 0 Å². The lowest BCUT2D eigenvalue weighted by Crippen LogP contribution is -2.46. The van der Waals surface area contributed by atoms with E-state index in [1.54, 1.807) is 12.3 Å². The largest absolute Gasteiger partial charge is 0.360 e. The Morgan fingerprint density at radius 2 is 2.41 bits per heavy atom. The molecule has 2 rings (SSSR count). The molecule has 0 bridgehead atoms. The summed E-state index contributed by atoms with van der Waals surface area (Å²) in [7, 11) is 1.84. The van der Waals surface area contributed by atoms with E-state index in [0.717, 1.165) is 25.0 Å². The van der Waals surface area contributed by atoms with E-state index in [1.807, 2.05) is 11.9 Å². The van der Waals surface area contributed by atoms with E-state index >= 15 is 0 Å². The van der Waals surface area contributed by atoms with Crippen LogP contribution in [-0.2, 0) is 11.3 Å². The molecule has 2 unspecified atom stereocenters. The van der Waals surface area contributed by atoms with Gasteiger partial charge >= 0.3 is 0 Å². The van der Waals surface area contributed by atoms with Crippen molar-refractivity contribution in [2.75, 3.05) is 7.05 Å². The number of nitrogens with one attached hydrogen (secondary N) is 1. The van der Waals surface area contributed by atoms with Gasteiger partial charge in [0.05, 0.1) is 18.8 Å². The number of amides is 1. The minimum absolute atomic E-state index is 0.0668. The normalized spacial score (nSPS) is 26.0. The molecule has 1 aliphatic rings. The number of rotatable bonds is 3. The Morgan fingerprint density at radius 3 is 3.06 bits per heavy atom. The number of hydrogen-bond donors (Lipinski definition) is 1. The van der Waals surface area contributed by atoms with E-state index in [1.165, 1.54) is 0 Å². The fourth-order valence-electron chi connectivity index (χ4n) is 2.31. The van der Waals surface area contributed by atoms with Crippen LogP contribution >= 0.6 is 0 Å². The highest BCUT2D eigenvalue weighted by Gasteiger charge is 2.30. The number of aromatic nitrogens is 1. The summed E-state index contributed by atoms with van der Waals surface area (Å²) in [6, 6.07) is 1.99. The molecule has 0 spiro atoms.